The second-order valence-electron chi connectivity index (χ2n) is 6.98. The normalized spacial score (nSPS) is 14.5. The number of ether oxygens (including phenoxy) is 1. The van der Waals surface area contributed by atoms with Gasteiger partial charge in [0.15, 0.2) is 5.16 Å². The summed E-state index contributed by atoms with van der Waals surface area (Å²) in [6.07, 6.45) is 3.38. The SMILES string of the molecule is Fc1cc(CSc2nnc(N3CCOCC3)n2Cc2ccco2)c2ncccc2c1. The molecule has 7 nitrogen and oxygen atoms in total. The molecule has 0 radical (unpaired) electrons. The van der Waals surface area contributed by atoms with Gasteiger partial charge in [0.1, 0.15) is 11.6 Å². The van der Waals surface area contributed by atoms with Crippen molar-refractivity contribution in [3.8, 4) is 0 Å². The highest BCUT2D eigenvalue weighted by molar-refractivity contribution is 7.98. The number of benzene rings is 1. The predicted octanol–water partition coefficient (Wildman–Crippen LogP) is 3.74. The molecule has 0 N–H and O–H groups in total. The summed E-state index contributed by atoms with van der Waals surface area (Å²) in [4.78, 5) is 6.61. The van der Waals surface area contributed by atoms with Crippen LogP contribution in [-0.2, 0) is 17.0 Å². The number of morpholine rings is 1. The number of anilines is 1. The number of fused-ring (bicyclic) bond motifs is 1. The van der Waals surface area contributed by atoms with Gasteiger partial charge in [0.2, 0.25) is 5.95 Å². The maximum absolute atomic E-state index is 14.1. The molecule has 0 saturated carbocycles. The number of furan rings is 1. The number of pyridine rings is 1. The second-order valence-corrected chi connectivity index (χ2v) is 7.92. The Kier molecular flexibility index (Phi) is 5.37. The van der Waals surface area contributed by atoms with E-state index in [4.69, 9.17) is 9.15 Å². The molecule has 1 saturated heterocycles. The summed E-state index contributed by atoms with van der Waals surface area (Å²) in [7, 11) is 0. The molecule has 1 aliphatic heterocycles. The van der Waals surface area contributed by atoms with Crippen LogP contribution >= 0.6 is 11.8 Å². The van der Waals surface area contributed by atoms with Gasteiger partial charge in [-0.3, -0.25) is 9.55 Å². The van der Waals surface area contributed by atoms with Gasteiger partial charge in [-0.25, -0.2) is 4.39 Å². The first-order chi connectivity index (χ1) is 14.8. The average molecular weight is 425 g/mol. The molecule has 3 aromatic heterocycles. The largest absolute Gasteiger partial charge is 0.467 e. The van der Waals surface area contributed by atoms with E-state index in [1.165, 1.54) is 17.8 Å². The minimum absolute atomic E-state index is 0.267. The van der Waals surface area contributed by atoms with Crippen LogP contribution in [0.1, 0.15) is 11.3 Å². The van der Waals surface area contributed by atoms with Gasteiger partial charge in [-0.15, -0.1) is 10.2 Å². The van der Waals surface area contributed by atoms with Crippen molar-refractivity contribution in [3.63, 3.8) is 0 Å². The fraction of sp³-hybridized carbons (Fsp3) is 0.286. The predicted molar refractivity (Wildman–Crippen MR) is 112 cm³/mol. The zero-order chi connectivity index (χ0) is 20.3. The highest BCUT2D eigenvalue weighted by Gasteiger charge is 2.21. The van der Waals surface area contributed by atoms with Crippen LogP contribution in [0.4, 0.5) is 10.3 Å². The van der Waals surface area contributed by atoms with E-state index in [-0.39, 0.29) is 5.82 Å². The van der Waals surface area contributed by atoms with Gasteiger partial charge in [0.05, 0.1) is 31.5 Å². The van der Waals surface area contributed by atoms with Gasteiger partial charge in [0, 0.05) is 30.4 Å². The third-order valence-electron chi connectivity index (χ3n) is 4.99. The van der Waals surface area contributed by atoms with Gasteiger partial charge in [-0.05, 0) is 35.9 Å². The van der Waals surface area contributed by atoms with Crippen molar-refractivity contribution in [1.29, 1.82) is 0 Å². The van der Waals surface area contributed by atoms with Crippen LogP contribution in [0.25, 0.3) is 10.9 Å². The second kappa shape index (κ2) is 8.45. The molecular formula is C21H20FN5O2S. The molecule has 0 atom stereocenters. The van der Waals surface area contributed by atoms with Crippen molar-refractivity contribution < 1.29 is 13.5 Å². The smallest absolute Gasteiger partial charge is 0.228 e. The zero-order valence-electron chi connectivity index (χ0n) is 16.2. The minimum Gasteiger partial charge on any atom is -0.467 e. The van der Waals surface area contributed by atoms with E-state index in [1.54, 1.807) is 18.5 Å². The van der Waals surface area contributed by atoms with E-state index in [1.807, 2.05) is 28.8 Å². The number of halogens is 1. The monoisotopic (exact) mass is 425 g/mol. The fourth-order valence-corrected chi connectivity index (χ4v) is 4.47. The van der Waals surface area contributed by atoms with Crippen molar-refractivity contribution in [2.45, 2.75) is 17.5 Å². The molecule has 9 heteroatoms. The first-order valence-corrected chi connectivity index (χ1v) is 10.7. The average Bonchev–Trinajstić information content (AvgIpc) is 3.43. The van der Waals surface area contributed by atoms with Crippen molar-refractivity contribution >= 4 is 28.6 Å². The van der Waals surface area contributed by atoms with Gasteiger partial charge in [0.25, 0.3) is 0 Å². The molecule has 1 aliphatic rings. The Morgan fingerprint density at radius 3 is 2.83 bits per heavy atom. The lowest BCUT2D eigenvalue weighted by atomic mass is 10.1. The van der Waals surface area contributed by atoms with Gasteiger partial charge >= 0.3 is 0 Å². The lowest BCUT2D eigenvalue weighted by Gasteiger charge is -2.27. The maximum Gasteiger partial charge on any atom is 0.228 e. The van der Waals surface area contributed by atoms with E-state index in [0.29, 0.717) is 25.5 Å². The quantitative estimate of drug-likeness (QED) is 0.436. The topological polar surface area (TPSA) is 69.2 Å². The third kappa shape index (κ3) is 3.90. The first-order valence-electron chi connectivity index (χ1n) is 9.72. The van der Waals surface area contributed by atoms with Crippen LogP contribution in [0.2, 0.25) is 0 Å². The van der Waals surface area contributed by atoms with Gasteiger partial charge in [-0.1, -0.05) is 17.8 Å². The lowest BCUT2D eigenvalue weighted by Crippen LogP contribution is -2.38. The molecule has 0 bridgehead atoms. The summed E-state index contributed by atoms with van der Waals surface area (Å²) in [5.41, 5.74) is 1.63. The van der Waals surface area contributed by atoms with E-state index in [2.05, 4.69) is 20.1 Å². The van der Waals surface area contributed by atoms with Crippen LogP contribution in [-0.4, -0.2) is 46.1 Å². The van der Waals surface area contributed by atoms with Gasteiger partial charge in [-0.2, -0.15) is 0 Å². The van der Waals surface area contributed by atoms with Crippen LogP contribution in [0.15, 0.2) is 58.4 Å². The molecule has 154 valence electrons. The summed E-state index contributed by atoms with van der Waals surface area (Å²) >= 11 is 1.51. The van der Waals surface area contributed by atoms with Gasteiger partial charge < -0.3 is 14.1 Å². The first kappa shape index (κ1) is 19.1. The molecule has 0 aliphatic carbocycles. The number of hydrogen-bond donors (Lipinski definition) is 0. The molecule has 0 spiro atoms. The van der Waals surface area contributed by atoms with Crippen LogP contribution < -0.4 is 4.90 Å². The van der Waals surface area contributed by atoms with E-state index >= 15 is 0 Å². The number of aromatic nitrogens is 4. The van der Waals surface area contributed by atoms with E-state index in [9.17, 15) is 4.39 Å². The third-order valence-corrected chi connectivity index (χ3v) is 6.01. The Labute approximate surface area is 176 Å². The van der Waals surface area contributed by atoms with E-state index < -0.39 is 0 Å². The molecule has 0 amide bonds. The van der Waals surface area contributed by atoms with Crippen molar-refractivity contribution in [1.82, 2.24) is 19.7 Å². The Bertz CT molecular complexity index is 1140. The number of rotatable bonds is 6. The molecule has 4 aromatic rings. The van der Waals surface area contributed by atoms with E-state index in [0.717, 1.165) is 46.4 Å². The van der Waals surface area contributed by atoms with Crippen LogP contribution in [0.5, 0.6) is 0 Å². The zero-order valence-corrected chi connectivity index (χ0v) is 17.0. The Balaban J connectivity index is 1.45. The molecule has 4 heterocycles. The highest BCUT2D eigenvalue weighted by atomic mass is 32.2. The summed E-state index contributed by atoms with van der Waals surface area (Å²) in [6.45, 7) is 3.38. The molecular weight excluding hydrogens is 405 g/mol. The Morgan fingerprint density at radius 2 is 2.00 bits per heavy atom. The fourth-order valence-electron chi connectivity index (χ4n) is 3.56. The van der Waals surface area contributed by atoms with Crippen molar-refractivity contribution in [2.24, 2.45) is 0 Å². The maximum atomic E-state index is 14.1. The van der Waals surface area contributed by atoms with Crippen molar-refractivity contribution in [2.75, 3.05) is 31.2 Å². The number of thioether (sulfide) groups is 1. The number of nitrogens with zero attached hydrogens (tertiary/aromatic N) is 5. The number of hydrogen-bond acceptors (Lipinski definition) is 7. The lowest BCUT2D eigenvalue weighted by molar-refractivity contribution is 0.121. The summed E-state index contributed by atoms with van der Waals surface area (Å²) in [5.74, 6) is 1.88. The standard InChI is InChI=1S/C21H20FN5O2S/c22-17-11-15-3-1-5-23-19(15)16(12-17)14-30-21-25-24-20(26-6-9-28-10-7-26)27(21)13-18-4-2-8-29-18/h1-5,8,11-12H,6-7,9-10,13-14H2. The summed E-state index contributed by atoms with van der Waals surface area (Å²) < 4.78 is 27.2. The molecule has 5 rings (SSSR count). The van der Waals surface area contributed by atoms with Crippen LogP contribution in [0.3, 0.4) is 0 Å². The van der Waals surface area contributed by atoms with Crippen LogP contribution in [0, 0.1) is 5.82 Å². The minimum atomic E-state index is -0.267. The highest BCUT2D eigenvalue weighted by Crippen LogP contribution is 2.29. The summed E-state index contributed by atoms with van der Waals surface area (Å²) in [5, 5.41) is 10.4. The molecule has 1 fully saturated rings. The Morgan fingerprint density at radius 1 is 1.10 bits per heavy atom. The summed E-state index contributed by atoms with van der Waals surface area (Å²) in [6, 6.07) is 10.5. The molecule has 1 aromatic carbocycles. The molecule has 0 unspecified atom stereocenters. The molecule has 30 heavy (non-hydrogen) atoms. The Hall–Kier alpha value is -2.91. The van der Waals surface area contributed by atoms with Crippen molar-refractivity contribution in [3.05, 3.63) is 66.0 Å².